The maximum absolute atomic E-state index is 12.6. The molecule has 0 aromatic carbocycles. The van der Waals surface area contributed by atoms with Gasteiger partial charge in [-0.3, -0.25) is 4.79 Å². The van der Waals surface area contributed by atoms with E-state index in [2.05, 4.69) is 11.9 Å². The van der Waals surface area contributed by atoms with E-state index in [4.69, 9.17) is 0 Å². The summed E-state index contributed by atoms with van der Waals surface area (Å²) in [6, 6.07) is 5.56. The summed E-state index contributed by atoms with van der Waals surface area (Å²) in [4.78, 5) is 18.9. The number of nitrogens with zero attached hydrogens (tertiary/aromatic N) is 2. The third-order valence-electron chi connectivity index (χ3n) is 5.32. The van der Waals surface area contributed by atoms with Crippen molar-refractivity contribution < 1.29 is 9.90 Å². The number of fused-ring (bicyclic) bond motifs is 1. The molecule has 4 nitrogen and oxygen atoms in total. The molecule has 2 heterocycles. The second-order valence-electron chi connectivity index (χ2n) is 6.59. The molecule has 1 aliphatic carbocycles. The van der Waals surface area contributed by atoms with Crippen LogP contribution in [0.2, 0.25) is 0 Å². The Morgan fingerprint density at radius 1 is 1.48 bits per heavy atom. The van der Waals surface area contributed by atoms with Gasteiger partial charge in [-0.2, -0.15) is 0 Å². The number of hydrogen-bond acceptors (Lipinski definition) is 3. The lowest BCUT2D eigenvalue weighted by Crippen LogP contribution is -2.44. The second kappa shape index (κ2) is 5.41. The molecular weight excluding hydrogens is 264 g/mol. The normalized spacial score (nSPS) is 32.0. The van der Waals surface area contributed by atoms with E-state index in [0.717, 1.165) is 37.9 Å². The molecule has 21 heavy (non-hydrogen) atoms. The number of carbonyl (C=O) groups excluding carboxylic acids is 1. The number of carbonyl (C=O) groups is 1. The molecule has 114 valence electrons. The monoisotopic (exact) mass is 288 g/mol. The highest BCUT2D eigenvalue weighted by Gasteiger charge is 2.48. The second-order valence-corrected chi connectivity index (χ2v) is 6.59. The zero-order valence-corrected chi connectivity index (χ0v) is 12.9. The van der Waals surface area contributed by atoms with E-state index in [9.17, 15) is 9.90 Å². The standard InChI is InChI=1S/C17H24N2O2/c1-3-17(21)9-5-7-13-10-19(11-14(13)17)16(20)15-8-4-6-12(2)18-15/h4,6,8,13-14,21H,3,5,7,9-11H2,1-2H3/t13-,14+,17-/m1/s1. The SMILES string of the molecule is CC[C@@]1(O)CCC[C@@H]2CN(C(=O)c3cccc(C)n3)C[C@@H]21. The third-order valence-corrected chi connectivity index (χ3v) is 5.32. The Hall–Kier alpha value is -1.42. The van der Waals surface area contributed by atoms with Crippen LogP contribution in [-0.2, 0) is 0 Å². The summed E-state index contributed by atoms with van der Waals surface area (Å²) in [6.45, 7) is 5.39. The predicted molar refractivity (Wildman–Crippen MR) is 80.9 cm³/mol. The minimum absolute atomic E-state index is 0.00607. The summed E-state index contributed by atoms with van der Waals surface area (Å²) < 4.78 is 0. The zero-order chi connectivity index (χ0) is 15.0. The summed E-state index contributed by atoms with van der Waals surface area (Å²) in [5, 5.41) is 10.8. The van der Waals surface area contributed by atoms with E-state index in [0.29, 0.717) is 18.2 Å². The number of hydrogen-bond donors (Lipinski definition) is 1. The van der Waals surface area contributed by atoms with Gasteiger partial charge in [-0.15, -0.1) is 0 Å². The molecule has 2 fully saturated rings. The predicted octanol–water partition coefficient (Wildman–Crippen LogP) is 2.40. The Labute approximate surface area is 126 Å². The Morgan fingerprint density at radius 2 is 2.29 bits per heavy atom. The van der Waals surface area contributed by atoms with Crippen LogP contribution in [0.4, 0.5) is 0 Å². The molecule has 0 bridgehead atoms. The first kappa shape index (κ1) is 14.5. The molecule has 1 aromatic heterocycles. The van der Waals surface area contributed by atoms with E-state index in [-0.39, 0.29) is 11.8 Å². The molecule has 3 rings (SSSR count). The van der Waals surface area contributed by atoms with Crippen molar-refractivity contribution in [2.75, 3.05) is 13.1 Å². The summed E-state index contributed by atoms with van der Waals surface area (Å²) >= 11 is 0. The Balaban J connectivity index is 1.78. The molecule has 1 saturated carbocycles. The van der Waals surface area contributed by atoms with Crippen LogP contribution in [0, 0.1) is 18.8 Å². The van der Waals surface area contributed by atoms with Crippen molar-refractivity contribution in [2.24, 2.45) is 11.8 Å². The highest BCUT2D eigenvalue weighted by molar-refractivity contribution is 5.92. The fourth-order valence-corrected chi connectivity index (χ4v) is 4.06. The largest absolute Gasteiger partial charge is 0.390 e. The molecule has 1 N–H and O–H groups in total. The molecule has 0 radical (unpaired) electrons. The summed E-state index contributed by atoms with van der Waals surface area (Å²) in [6.07, 6.45) is 3.84. The van der Waals surface area contributed by atoms with Crippen LogP contribution in [0.15, 0.2) is 18.2 Å². The van der Waals surface area contributed by atoms with E-state index >= 15 is 0 Å². The summed E-state index contributed by atoms with van der Waals surface area (Å²) in [5.74, 6) is 0.675. The fourth-order valence-electron chi connectivity index (χ4n) is 4.06. The maximum atomic E-state index is 12.6. The van der Waals surface area contributed by atoms with Gasteiger partial charge < -0.3 is 10.0 Å². The molecule has 4 heteroatoms. The van der Waals surface area contributed by atoms with Crippen molar-refractivity contribution in [3.8, 4) is 0 Å². The maximum Gasteiger partial charge on any atom is 0.272 e. The Kier molecular flexibility index (Phi) is 3.74. The molecule has 1 amide bonds. The van der Waals surface area contributed by atoms with Gasteiger partial charge in [0.15, 0.2) is 0 Å². The van der Waals surface area contributed by atoms with Gasteiger partial charge in [-0.05, 0) is 44.2 Å². The van der Waals surface area contributed by atoms with Gasteiger partial charge in [0.1, 0.15) is 5.69 Å². The molecule has 3 atom stereocenters. The van der Waals surface area contributed by atoms with Gasteiger partial charge in [0.25, 0.3) is 5.91 Å². The first-order valence-corrected chi connectivity index (χ1v) is 7.99. The van der Waals surface area contributed by atoms with Crippen LogP contribution in [0.5, 0.6) is 0 Å². The van der Waals surface area contributed by atoms with Crippen LogP contribution < -0.4 is 0 Å². The number of aromatic nitrogens is 1. The summed E-state index contributed by atoms with van der Waals surface area (Å²) in [5.41, 5.74) is 0.800. The number of aryl methyl sites for hydroxylation is 1. The molecular formula is C17H24N2O2. The highest BCUT2D eigenvalue weighted by Crippen LogP contribution is 2.44. The van der Waals surface area contributed by atoms with Gasteiger partial charge in [-0.1, -0.05) is 19.4 Å². The van der Waals surface area contributed by atoms with Crippen molar-refractivity contribution in [3.05, 3.63) is 29.6 Å². The Morgan fingerprint density at radius 3 is 3.00 bits per heavy atom. The Bertz CT molecular complexity index is 545. The lowest BCUT2D eigenvalue weighted by atomic mass is 9.69. The average molecular weight is 288 g/mol. The molecule has 2 aliphatic rings. The van der Waals surface area contributed by atoms with Crippen LogP contribution in [0.25, 0.3) is 0 Å². The first-order valence-electron chi connectivity index (χ1n) is 7.99. The average Bonchev–Trinajstić information content (AvgIpc) is 2.92. The van der Waals surface area contributed by atoms with Crippen LogP contribution in [0.3, 0.4) is 0 Å². The van der Waals surface area contributed by atoms with Crippen molar-refractivity contribution >= 4 is 5.91 Å². The van der Waals surface area contributed by atoms with E-state index in [1.807, 2.05) is 24.0 Å². The van der Waals surface area contributed by atoms with Crippen molar-refractivity contribution in [1.29, 1.82) is 0 Å². The molecule has 1 aromatic rings. The third kappa shape index (κ3) is 2.57. The van der Waals surface area contributed by atoms with Gasteiger partial charge in [-0.25, -0.2) is 4.98 Å². The number of amides is 1. The number of pyridine rings is 1. The van der Waals surface area contributed by atoms with Crippen LogP contribution >= 0.6 is 0 Å². The van der Waals surface area contributed by atoms with Gasteiger partial charge in [0.05, 0.1) is 5.60 Å². The highest BCUT2D eigenvalue weighted by atomic mass is 16.3. The van der Waals surface area contributed by atoms with Crippen molar-refractivity contribution in [1.82, 2.24) is 9.88 Å². The smallest absolute Gasteiger partial charge is 0.272 e. The molecule has 0 unspecified atom stereocenters. The van der Waals surface area contributed by atoms with E-state index < -0.39 is 5.60 Å². The fraction of sp³-hybridized carbons (Fsp3) is 0.647. The minimum Gasteiger partial charge on any atom is -0.390 e. The number of aliphatic hydroxyl groups is 1. The van der Waals surface area contributed by atoms with Crippen LogP contribution in [0.1, 0.15) is 48.8 Å². The molecule has 1 aliphatic heterocycles. The lowest BCUT2D eigenvalue weighted by Gasteiger charge is -2.40. The van der Waals surface area contributed by atoms with Crippen LogP contribution in [-0.4, -0.2) is 39.6 Å². The van der Waals surface area contributed by atoms with Gasteiger partial charge in [0, 0.05) is 24.7 Å². The van der Waals surface area contributed by atoms with E-state index in [1.54, 1.807) is 6.07 Å². The first-order chi connectivity index (χ1) is 10.0. The topological polar surface area (TPSA) is 53.4 Å². The lowest BCUT2D eigenvalue weighted by molar-refractivity contribution is -0.0609. The van der Waals surface area contributed by atoms with Gasteiger partial charge >= 0.3 is 0 Å². The zero-order valence-electron chi connectivity index (χ0n) is 12.9. The minimum atomic E-state index is -0.585. The summed E-state index contributed by atoms with van der Waals surface area (Å²) in [7, 11) is 0. The van der Waals surface area contributed by atoms with Gasteiger partial charge in [0.2, 0.25) is 0 Å². The van der Waals surface area contributed by atoms with Crippen molar-refractivity contribution in [2.45, 2.75) is 45.1 Å². The molecule has 0 spiro atoms. The van der Waals surface area contributed by atoms with Crippen molar-refractivity contribution in [3.63, 3.8) is 0 Å². The number of rotatable bonds is 2. The molecule has 1 saturated heterocycles. The van der Waals surface area contributed by atoms with E-state index in [1.165, 1.54) is 0 Å². The quantitative estimate of drug-likeness (QED) is 0.909. The number of likely N-dealkylation sites (tertiary alicyclic amines) is 1.